The van der Waals surface area contributed by atoms with E-state index < -0.39 is 5.97 Å². The maximum atomic E-state index is 11.1. The summed E-state index contributed by atoms with van der Waals surface area (Å²) in [6, 6.07) is 7.88. The molecule has 6 heteroatoms. The van der Waals surface area contributed by atoms with E-state index in [4.69, 9.17) is 9.84 Å². The van der Waals surface area contributed by atoms with E-state index in [1.54, 1.807) is 11.3 Å². The minimum Gasteiger partial charge on any atom is -0.488 e. The molecule has 2 aliphatic rings. The Bertz CT molecular complexity index is 840. The van der Waals surface area contributed by atoms with Crippen LogP contribution in [0.3, 0.4) is 0 Å². The van der Waals surface area contributed by atoms with Gasteiger partial charge in [-0.3, -0.25) is 4.79 Å². The molecule has 0 bridgehead atoms. The molecule has 1 fully saturated rings. The van der Waals surface area contributed by atoms with Crippen LogP contribution in [0.2, 0.25) is 0 Å². The summed E-state index contributed by atoms with van der Waals surface area (Å²) in [5, 5.41) is 11.2. The van der Waals surface area contributed by atoms with E-state index in [-0.39, 0.29) is 18.8 Å². The van der Waals surface area contributed by atoms with E-state index in [1.165, 1.54) is 41.9 Å². The fourth-order valence-corrected chi connectivity index (χ4v) is 4.73. The van der Waals surface area contributed by atoms with Gasteiger partial charge in [0.15, 0.2) is 0 Å². The molecule has 0 spiro atoms. The highest BCUT2D eigenvalue weighted by Gasteiger charge is 2.21. The van der Waals surface area contributed by atoms with Gasteiger partial charge in [-0.15, -0.1) is 23.7 Å². The second-order valence-electron chi connectivity index (χ2n) is 6.92. The molecule has 2 aromatic rings. The number of benzene rings is 1. The number of thiophene rings is 1. The first-order chi connectivity index (χ1) is 12.7. The first-order valence-electron chi connectivity index (χ1n) is 9.18. The van der Waals surface area contributed by atoms with Gasteiger partial charge in [-0.2, -0.15) is 0 Å². The zero-order valence-electron chi connectivity index (χ0n) is 15.1. The van der Waals surface area contributed by atoms with Crippen molar-refractivity contribution in [3.8, 4) is 5.75 Å². The van der Waals surface area contributed by atoms with E-state index in [9.17, 15) is 4.79 Å². The largest absolute Gasteiger partial charge is 0.488 e. The number of aliphatic carboxylic acids is 1. The number of hydrogen-bond donors (Lipinski definition) is 1. The summed E-state index contributed by atoms with van der Waals surface area (Å²) in [4.78, 5) is 14.9. The smallest absolute Gasteiger partial charge is 0.307 e. The summed E-state index contributed by atoms with van der Waals surface area (Å²) in [6.07, 6.45) is 5.95. The fourth-order valence-electron chi connectivity index (χ4n) is 3.76. The van der Waals surface area contributed by atoms with Gasteiger partial charge in [-0.1, -0.05) is 12.1 Å². The predicted octanol–water partition coefficient (Wildman–Crippen LogP) is 4.61. The molecule has 1 saturated heterocycles. The maximum Gasteiger partial charge on any atom is 0.307 e. The Morgan fingerprint density at radius 1 is 1.26 bits per heavy atom. The maximum absolute atomic E-state index is 11.1. The van der Waals surface area contributed by atoms with Crippen molar-refractivity contribution in [2.24, 2.45) is 0 Å². The minimum absolute atomic E-state index is 0. The second kappa shape index (κ2) is 8.91. The van der Waals surface area contributed by atoms with Gasteiger partial charge in [0.05, 0.1) is 6.42 Å². The van der Waals surface area contributed by atoms with Crippen LogP contribution in [-0.2, 0) is 17.8 Å². The summed E-state index contributed by atoms with van der Waals surface area (Å²) in [5.41, 5.74) is 4.23. The Kier molecular flexibility index (Phi) is 6.58. The lowest BCUT2D eigenvalue weighted by Gasteiger charge is -2.14. The van der Waals surface area contributed by atoms with Gasteiger partial charge in [0.1, 0.15) is 12.4 Å². The van der Waals surface area contributed by atoms with Gasteiger partial charge in [-0.25, -0.2) is 0 Å². The number of carboxylic acid groups (broad SMARTS) is 1. The summed E-state index contributed by atoms with van der Waals surface area (Å²) in [6.45, 7) is 4.05. The van der Waals surface area contributed by atoms with Crippen LogP contribution < -0.4 is 4.74 Å². The monoisotopic (exact) mass is 405 g/mol. The third kappa shape index (κ3) is 4.54. The molecule has 0 unspecified atom stereocenters. The molecular weight excluding hydrogens is 382 g/mol. The number of rotatable bonds is 5. The highest BCUT2D eigenvalue weighted by Crippen LogP contribution is 2.40. The van der Waals surface area contributed by atoms with Crippen LogP contribution in [0.1, 0.15) is 40.8 Å². The van der Waals surface area contributed by atoms with Gasteiger partial charge in [-0.05, 0) is 67.1 Å². The first-order valence-corrected chi connectivity index (χ1v) is 10.1. The molecule has 2 aliphatic heterocycles. The molecule has 144 valence electrons. The molecule has 27 heavy (non-hydrogen) atoms. The molecule has 0 saturated carbocycles. The van der Waals surface area contributed by atoms with Gasteiger partial charge in [0.25, 0.3) is 0 Å². The minimum atomic E-state index is -0.809. The summed E-state index contributed by atoms with van der Waals surface area (Å²) in [7, 11) is 0. The third-order valence-corrected chi connectivity index (χ3v) is 6.05. The van der Waals surface area contributed by atoms with E-state index >= 15 is 0 Å². The van der Waals surface area contributed by atoms with Crippen molar-refractivity contribution < 1.29 is 14.6 Å². The number of nitrogens with zero attached hydrogens (tertiary/aromatic N) is 1. The van der Waals surface area contributed by atoms with Crippen LogP contribution >= 0.6 is 23.7 Å². The van der Waals surface area contributed by atoms with Crippen LogP contribution in [0.4, 0.5) is 0 Å². The number of carboxylic acids is 1. The van der Waals surface area contributed by atoms with Crippen molar-refractivity contribution in [3.05, 3.63) is 57.3 Å². The summed E-state index contributed by atoms with van der Waals surface area (Å²) in [5.74, 6) is 0.0332. The number of fused-ring (bicyclic) bond motifs is 2. The zero-order chi connectivity index (χ0) is 17.9. The van der Waals surface area contributed by atoms with Crippen LogP contribution in [0.25, 0.3) is 5.57 Å². The van der Waals surface area contributed by atoms with Crippen molar-refractivity contribution in [1.82, 2.24) is 4.90 Å². The lowest BCUT2D eigenvalue weighted by molar-refractivity contribution is -0.136. The molecule has 4 nitrogen and oxygen atoms in total. The molecule has 1 aromatic carbocycles. The van der Waals surface area contributed by atoms with E-state index in [0.29, 0.717) is 6.61 Å². The highest BCUT2D eigenvalue weighted by molar-refractivity contribution is 7.11. The lowest BCUT2D eigenvalue weighted by Crippen LogP contribution is -2.19. The Morgan fingerprint density at radius 2 is 2.07 bits per heavy atom. The number of hydrogen-bond acceptors (Lipinski definition) is 4. The van der Waals surface area contributed by atoms with Crippen molar-refractivity contribution in [1.29, 1.82) is 0 Å². The molecule has 3 heterocycles. The van der Waals surface area contributed by atoms with Crippen LogP contribution in [0.5, 0.6) is 5.75 Å². The summed E-state index contributed by atoms with van der Waals surface area (Å²) >= 11 is 1.73. The van der Waals surface area contributed by atoms with Crippen LogP contribution in [0.15, 0.2) is 35.7 Å². The second-order valence-corrected chi connectivity index (χ2v) is 7.84. The first kappa shape index (κ1) is 19.9. The van der Waals surface area contributed by atoms with Gasteiger partial charge in [0.2, 0.25) is 0 Å². The van der Waals surface area contributed by atoms with Crippen molar-refractivity contribution >= 4 is 35.3 Å². The fraction of sp³-hybridized carbons (Fsp3) is 0.381. The van der Waals surface area contributed by atoms with Crippen molar-refractivity contribution in [2.75, 3.05) is 19.6 Å². The number of halogens is 1. The van der Waals surface area contributed by atoms with Gasteiger partial charge < -0.3 is 14.7 Å². The molecule has 1 aromatic heterocycles. The van der Waals surface area contributed by atoms with E-state index in [2.05, 4.69) is 22.4 Å². The summed E-state index contributed by atoms with van der Waals surface area (Å²) < 4.78 is 6.01. The average molecular weight is 406 g/mol. The number of likely N-dealkylation sites (tertiary alicyclic amines) is 1. The molecule has 0 amide bonds. The Morgan fingerprint density at radius 3 is 2.85 bits per heavy atom. The number of ether oxygens (including phenoxy) is 1. The van der Waals surface area contributed by atoms with Gasteiger partial charge >= 0.3 is 5.97 Å². The van der Waals surface area contributed by atoms with Crippen molar-refractivity contribution in [2.45, 2.75) is 32.3 Å². The SMILES string of the molecule is Cl.O=C(O)Cc1ccc2c(c1)/C(=C/CCN1CCCC1)c1sccc1CO2. The molecule has 1 N–H and O–H groups in total. The zero-order valence-corrected chi connectivity index (χ0v) is 16.8. The normalized spacial score (nSPS) is 17.6. The number of carbonyl (C=O) groups is 1. The van der Waals surface area contributed by atoms with E-state index in [0.717, 1.165) is 29.8 Å². The lowest BCUT2D eigenvalue weighted by atomic mass is 9.97. The topological polar surface area (TPSA) is 49.8 Å². The van der Waals surface area contributed by atoms with Gasteiger partial charge in [0, 0.05) is 22.5 Å². The Hall–Kier alpha value is -1.82. The molecule has 0 atom stereocenters. The van der Waals surface area contributed by atoms with Crippen LogP contribution in [-0.4, -0.2) is 35.6 Å². The van der Waals surface area contributed by atoms with Crippen LogP contribution in [0, 0.1) is 0 Å². The van der Waals surface area contributed by atoms with Crippen molar-refractivity contribution in [3.63, 3.8) is 0 Å². The highest BCUT2D eigenvalue weighted by atomic mass is 35.5. The molecule has 4 rings (SSSR count). The Labute approximate surface area is 169 Å². The molecular formula is C21H24ClNO3S. The Balaban J connectivity index is 0.00000210. The van der Waals surface area contributed by atoms with E-state index in [1.807, 2.05) is 18.2 Å². The molecule has 0 radical (unpaired) electrons. The average Bonchev–Trinajstić information content (AvgIpc) is 3.27. The predicted molar refractivity (Wildman–Crippen MR) is 111 cm³/mol. The third-order valence-electron chi connectivity index (χ3n) is 5.06. The quantitative estimate of drug-likeness (QED) is 0.789. The molecule has 0 aliphatic carbocycles. The standard InChI is InChI=1S/C21H23NO3S.ClH/c23-20(24)13-15-5-6-19-18(12-15)17(4-3-10-22-8-1-2-9-22)21-16(14-25-19)7-11-26-21;/h4-7,11-12H,1-3,8-10,13-14H2,(H,23,24);1H/b17-4-;.